The summed E-state index contributed by atoms with van der Waals surface area (Å²) in [5, 5.41) is 15.8. The molecule has 0 bridgehead atoms. The lowest BCUT2D eigenvalue weighted by atomic mass is 9.98. The normalized spacial score (nSPS) is 11.9. The second kappa shape index (κ2) is 8.45. The third-order valence-corrected chi connectivity index (χ3v) is 4.58. The molecule has 140 valence electrons. The smallest absolute Gasteiger partial charge is 0.170 e. The van der Waals surface area contributed by atoms with Crippen LogP contribution in [-0.2, 0) is 6.54 Å². The first kappa shape index (κ1) is 17.9. The van der Waals surface area contributed by atoms with E-state index in [0.29, 0.717) is 6.54 Å². The molecule has 4 rings (SSSR count). The van der Waals surface area contributed by atoms with Crippen LogP contribution < -0.4 is 10.1 Å². The van der Waals surface area contributed by atoms with E-state index in [9.17, 15) is 0 Å². The van der Waals surface area contributed by atoms with Crippen LogP contribution in [-0.4, -0.2) is 27.3 Å². The Balaban J connectivity index is 1.60. The minimum Gasteiger partial charge on any atom is -0.497 e. The van der Waals surface area contributed by atoms with Gasteiger partial charge in [0, 0.05) is 0 Å². The SMILES string of the molecule is COc1ccc([C@H](NCc2nnnn2-c2ccccc2)c2ccccc2)cc1. The number of aromatic nitrogens is 4. The van der Waals surface area contributed by atoms with Crippen molar-refractivity contribution in [1.82, 2.24) is 25.5 Å². The minimum atomic E-state index is 0.00743. The molecule has 0 aliphatic heterocycles. The third-order valence-electron chi connectivity index (χ3n) is 4.58. The van der Waals surface area contributed by atoms with Crippen molar-refractivity contribution in [2.24, 2.45) is 0 Å². The zero-order chi connectivity index (χ0) is 19.2. The van der Waals surface area contributed by atoms with Gasteiger partial charge in [0.1, 0.15) is 5.75 Å². The van der Waals surface area contributed by atoms with Crippen molar-refractivity contribution in [3.8, 4) is 11.4 Å². The molecule has 1 aromatic heterocycles. The Bertz CT molecular complexity index is 1000. The summed E-state index contributed by atoms with van der Waals surface area (Å²) in [6.07, 6.45) is 0. The van der Waals surface area contributed by atoms with Crippen molar-refractivity contribution in [3.05, 3.63) is 102 Å². The van der Waals surface area contributed by atoms with Crippen LogP contribution in [0.25, 0.3) is 5.69 Å². The maximum atomic E-state index is 5.29. The summed E-state index contributed by atoms with van der Waals surface area (Å²) in [6.45, 7) is 0.521. The highest BCUT2D eigenvalue weighted by Gasteiger charge is 2.16. The Hall–Kier alpha value is -3.51. The number of rotatable bonds is 7. The molecule has 1 atom stereocenters. The van der Waals surface area contributed by atoms with E-state index in [1.54, 1.807) is 11.8 Å². The number of tetrazole rings is 1. The van der Waals surface area contributed by atoms with Crippen LogP contribution in [0.2, 0.25) is 0 Å². The molecule has 3 aromatic carbocycles. The zero-order valence-corrected chi connectivity index (χ0v) is 15.6. The van der Waals surface area contributed by atoms with E-state index < -0.39 is 0 Å². The maximum absolute atomic E-state index is 5.29. The van der Waals surface area contributed by atoms with Gasteiger partial charge in [0.2, 0.25) is 0 Å². The summed E-state index contributed by atoms with van der Waals surface area (Å²) in [5.41, 5.74) is 3.25. The fourth-order valence-corrected chi connectivity index (χ4v) is 3.15. The largest absolute Gasteiger partial charge is 0.497 e. The lowest BCUT2D eigenvalue weighted by Crippen LogP contribution is -2.24. The summed E-state index contributed by atoms with van der Waals surface area (Å²) in [7, 11) is 1.67. The fraction of sp³-hybridized carbons (Fsp3) is 0.136. The highest BCUT2D eigenvalue weighted by atomic mass is 16.5. The van der Waals surface area contributed by atoms with Crippen LogP contribution in [0.5, 0.6) is 5.75 Å². The Morgan fingerprint density at radius 2 is 1.50 bits per heavy atom. The van der Waals surface area contributed by atoms with Crippen LogP contribution in [0.1, 0.15) is 23.0 Å². The second-order valence-electron chi connectivity index (χ2n) is 6.34. The van der Waals surface area contributed by atoms with E-state index in [-0.39, 0.29) is 6.04 Å². The molecule has 0 saturated carbocycles. The van der Waals surface area contributed by atoms with Gasteiger partial charge in [-0.3, -0.25) is 5.32 Å². The topological polar surface area (TPSA) is 64.9 Å². The average molecular weight is 371 g/mol. The molecule has 28 heavy (non-hydrogen) atoms. The van der Waals surface area contributed by atoms with Crippen molar-refractivity contribution in [2.45, 2.75) is 12.6 Å². The standard InChI is InChI=1S/C22H21N5O/c1-28-20-14-12-18(13-15-20)22(17-8-4-2-5-9-17)23-16-21-24-25-26-27(21)19-10-6-3-7-11-19/h2-15,22-23H,16H2,1H3/t22-/m1/s1. The molecule has 6 nitrogen and oxygen atoms in total. The number of nitrogens with one attached hydrogen (secondary N) is 1. The molecule has 6 heteroatoms. The van der Waals surface area contributed by atoms with E-state index in [0.717, 1.165) is 22.8 Å². The van der Waals surface area contributed by atoms with Gasteiger partial charge in [-0.15, -0.1) is 5.10 Å². The molecule has 0 aliphatic rings. The van der Waals surface area contributed by atoms with E-state index in [1.165, 1.54) is 5.56 Å². The van der Waals surface area contributed by atoms with E-state index in [1.807, 2.05) is 60.7 Å². The number of hydrogen-bond donors (Lipinski definition) is 1. The number of ether oxygens (including phenoxy) is 1. The van der Waals surface area contributed by atoms with Crippen molar-refractivity contribution in [3.63, 3.8) is 0 Å². The van der Waals surface area contributed by atoms with E-state index in [2.05, 4.69) is 45.1 Å². The Kier molecular flexibility index (Phi) is 5.40. The van der Waals surface area contributed by atoms with Crippen molar-refractivity contribution < 1.29 is 4.74 Å². The number of para-hydroxylation sites is 1. The van der Waals surface area contributed by atoms with Gasteiger partial charge in [-0.05, 0) is 45.8 Å². The maximum Gasteiger partial charge on any atom is 0.170 e. The Labute approximate surface area is 163 Å². The van der Waals surface area contributed by atoms with Gasteiger partial charge < -0.3 is 4.74 Å². The highest BCUT2D eigenvalue weighted by molar-refractivity contribution is 5.36. The van der Waals surface area contributed by atoms with Crippen molar-refractivity contribution in [2.75, 3.05) is 7.11 Å². The third kappa shape index (κ3) is 3.92. The van der Waals surface area contributed by atoms with Crippen LogP contribution in [0.4, 0.5) is 0 Å². The summed E-state index contributed by atoms with van der Waals surface area (Å²) in [5.74, 6) is 1.59. The van der Waals surface area contributed by atoms with Gasteiger partial charge in [-0.2, -0.15) is 4.68 Å². The molecule has 1 N–H and O–H groups in total. The van der Waals surface area contributed by atoms with Gasteiger partial charge in [-0.1, -0.05) is 60.7 Å². The van der Waals surface area contributed by atoms with Gasteiger partial charge >= 0.3 is 0 Å². The Morgan fingerprint density at radius 3 is 2.18 bits per heavy atom. The first-order valence-electron chi connectivity index (χ1n) is 9.10. The van der Waals surface area contributed by atoms with Gasteiger partial charge in [0.25, 0.3) is 0 Å². The molecular weight excluding hydrogens is 350 g/mol. The quantitative estimate of drug-likeness (QED) is 0.538. The number of benzene rings is 3. The molecule has 0 radical (unpaired) electrons. The lowest BCUT2D eigenvalue weighted by Gasteiger charge is -2.20. The number of hydrogen-bond acceptors (Lipinski definition) is 5. The molecule has 0 aliphatic carbocycles. The minimum absolute atomic E-state index is 0.00743. The molecule has 0 amide bonds. The Morgan fingerprint density at radius 1 is 0.857 bits per heavy atom. The predicted molar refractivity (Wildman–Crippen MR) is 107 cm³/mol. The van der Waals surface area contributed by atoms with E-state index >= 15 is 0 Å². The predicted octanol–water partition coefficient (Wildman–Crippen LogP) is 3.55. The molecule has 0 unspecified atom stereocenters. The van der Waals surface area contributed by atoms with Crippen LogP contribution in [0, 0.1) is 0 Å². The average Bonchev–Trinajstić information content (AvgIpc) is 3.24. The molecular formula is C22H21N5O. The lowest BCUT2D eigenvalue weighted by molar-refractivity contribution is 0.414. The van der Waals surface area contributed by atoms with Crippen LogP contribution >= 0.6 is 0 Å². The summed E-state index contributed by atoms with van der Waals surface area (Å²) < 4.78 is 7.04. The molecule has 1 heterocycles. The molecule has 0 saturated heterocycles. The fourth-order valence-electron chi connectivity index (χ4n) is 3.15. The first-order valence-corrected chi connectivity index (χ1v) is 9.10. The zero-order valence-electron chi connectivity index (χ0n) is 15.6. The first-order chi connectivity index (χ1) is 13.8. The summed E-state index contributed by atoms with van der Waals surface area (Å²) in [4.78, 5) is 0. The molecule has 4 aromatic rings. The van der Waals surface area contributed by atoms with Crippen molar-refractivity contribution >= 4 is 0 Å². The van der Waals surface area contributed by atoms with E-state index in [4.69, 9.17) is 4.74 Å². The van der Waals surface area contributed by atoms with Crippen LogP contribution in [0.3, 0.4) is 0 Å². The second-order valence-corrected chi connectivity index (χ2v) is 6.34. The summed E-state index contributed by atoms with van der Waals surface area (Å²) >= 11 is 0. The molecule has 0 spiro atoms. The van der Waals surface area contributed by atoms with Crippen LogP contribution in [0.15, 0.2) is 84.9 Å². The number of nitrogens with zero attached hydrogens (tertiary/aromatic N) is 4. The summed E-state index contributed by atoms with van der Waals surface area (Å²) in [6, 6.07) is 28.3. The monoisotopic (exact) mass is 371 g/mol. The number of methoxy groups -OCH3 is 1. The van der Waals surface area contributed by atoms with Gasteiger partial charge in [-0.25, -0.2) is 0 Å². The highest BCUT2D eigenvalue weighted by Crippen LogP contribution is 2.24. The van der Waals surface area contributed by atoms with Gasteiger partial charge in [0.15, 0.2) is 5.82 Å². The van der Waals surface area contributed by atoms with Crippen molar-refractivity contribution in [1.29, 1.82) is 0 Å². The molecule has 0 fully saturated rings. The van der Waals surface area contributed by atoms with Gasteiger partial charge in [0.05, 0.1) is 25.4 Å².